The van der Waals surface area contributed by atoms with E-state index in [0.717, 1.165) is 18.2 Å². The second-order valence-corrected chi connectivity index (χ2v) is 5.76. The fourth-order valence-corrected chi connectivity index (χ4v) is 3.40. The van der Waals surface area contributed by atoms with Crippen molar-refractivity contribution >= 4 is 22.3 Å². The summed E-state index contributed by atoms with van der Waals surface area (Å²) in [5, 5.41) is 14.8. The van der Waals surface area contributed by atoms with Crippen LogP contribution in [0.15, 0.2) is 65.8 Å². The molecule has 0 saturated heterocycles. The number of nitrogens with zero attached hydrogens (tertiary/aromatic N) is 1. The van der Waals surface area contributed by atoms with E-state index < -0.39 is 0 Å². The molecule has 0 bridgehead atoms. The molecule has 0 aromatic heterocycles. The lowest BCUT2D eigenvalue weighted by atomic mass is 9.94. The largest absolute Gasteiger partial charge is 0.410 e. The standard InChI is InChI=1S/C20H15NO2/c22-20(19(21-23)15-5-2-1-3-6-15)17-12-11-14-10-9-13-7-4-8-16(17)18(13)14/h1-8,11-12,23H,9-10H2. The van der Waals surface area contributed by atoms with Gasteiger partial charge in [-0.2, -0.15) is 0 Å². The first-order chi connectivity index (χ1) is 11.3. The predicted octanol–water partition coefficient (Wildman–Crippen LogP) is 4.00. The molecule has 0 spiro atoms. The lowest BCUT2D eigenvalue weighted by Crippen LogP contribution is -2.16. The van der Waals surface area contributed by atoms with Gasteiger partial charge < -0.3 is 5.21 Å². The molecule has 1 aliphatic rings. The van der Waals surface area contributed by atoms with E-state index in [2.05, 4.69) is 11.2 Å². The van der Waals surface area contributed by atoms with Crippen LogP contribution in [0.25, 0.3) is 10.8 Å². The number of benzene rings is 3. The number of aryl methyl sites for hydroxylation is 2. The quantitative estimate of drug-likeness (QED) is 0.344. The number of carbonyl (C=O) groups excluding carboxylic acids is 1. The van der Waals surface area contributed by atoms with E-state index in [1.807, 2.05) is 42.5 Å². The van der Waals surface area contributed by atoms with Crippen LogP contribution in [0.3, 0.4) is 0 Å². The van der Waals surface area contributed by atoms with Crippen LogP contribution < -0.4 is 0 Å². The van der Waals surface area contributed by atoms with Crippen molar-refractivity contribution in [2.75, 3.05) is 0 Å². The molecule has 0 aliphatic heterocycles. The number of hydrogen-bond donors (Lipinski definition) is 1. The highest BCUT2D eigenvalue weighted by molar-refractivity contribution is 6.52. The van der Waals surface area contributed by atoms with Crippen LogP contribution in [0.4, 0.5) is 0 Å². The molecular weight excluding hydrogens is 286 g/mol. The minimum atomic E-state index is -0.255. The summed E-state index contributed by atoms with van der Waals surface area (Å²) in [6.07, 6.45) is 2.04. The fraction of sp³-hybridized carbons (Fsp3) is 0.100. The lowest BCUT2D eigenvalue weighted by Gasteiger charge is -2.09. The predicted molar refractivity (Wildman–Crippen MR) is 90.5 cm³/mol. The fourth-order valence-electron chi connectivity index (χ4n) is 3.40. The van der Waals surface area contributed by atoms with Crippen molar-refractivity contribution in [2.24, 2.45) is 5.16 Å². The van der Waals surface area contributed by atoms with Crippen molar-refractivity contribution < 1.29 is 10.0 Å². The van der Waals surface area contributed by atoms with Gasteiger partial charge in [0, 0.05) is 11.1 Å². The van der Waals surface area contributed by atoms with E-state index in [4.69, 9.17) is 0 Å². The van der Waals surface area contributed by atoms with Crippen molar-refractivity contribution in [1.29, 1.82) is 0 Å². The summed E-state index contributed by atoms with van der Waals surface area (Å²) in [6.45, 7) is 0. The van der Waals surface area contributed by atoms with Gasteiger partial charge in [0.15, 0.2) is 5.71 Å². The summed E-state index contributed by atoms with van der Waals surface area (Å²) in [6, 6.07) is 19.0. The molecule has 0 fully saturated rings. The van der Waals surface area contributed by atoms with E-state index in [1.54, 1.807) is 12.1 Å². The zero-order valence-corrected chi connectivity index (χ0v) is 12.5. The van der Waals surface area contributed by atoms with E-state index in [9.17, 15) is 10.0 Å². The highest BCUT2D eigenvalue weighted by Gasteiger charge is 2.22. The summed E-state index contributed by atoms with van der Waals surface area (Å²) in [5.41, 5.74) is 3.85. The minimum Gasteiger partial charge on any atom is -0.410 e. The van der Waals surface area contributed by atoms with Crippen molar-refractivity contribution in [3.05, 3.63) is 82.9 Å². The average Bonchev–Trinajstić information content (AvgIpc) is 3.02. The Labute approximate surface area is 133 Å². The third-order valence-corrected chi connectivity index (χ3v) is 4.48. The third kappa shape index (κ3) is 2.13. The van der Waals surface area contributed by atoms with Gasteiger partial charge in [-0.1, -0.05) is 65.8 Å². The van der Waals surface area contributed by atoms with Crippen LogP contribution in [-0.4, -0.2) is 16.7 Å². The summed E-state index contributed by atoms with van der Waals surface area (Å²) in [4.78, 5) is 12.9. The monoisotopic (exact) mass is 301 g/mol. The Morgan fingerprint density at radius 1 is 0.870 bits per heavy atom. The molecule has 0 heterocycles. The van der Waals surface area contributed by atoms with Crippen molar-refractivity contribution in [1.82, 2.24) is 0 Å². The van der Waals surface area contributed by atoms with E-state index in [1.165, 1.54) is 16.5 Å². The maximum atomic E-state index is 12.9. The molecule has 0 amide bonds. The maximum Gasteiger partial charge on any atom is 0.215 e. The number of carbonyl (C=O) groups is 1. The smallest absolute Gasteiger partial charge is 0.215 e. The zero-order valence-electron chi connectivity index (χ0n) is 12.5. The van der Waals surface area contributed by atoms with Gasteiger partial charge in [-0.15, -0.1) is 0 Å². The molecule has 1 N–H and O–H groups in total. The second kappa shape index (κ2) is 5.36. The highest BCUT2D eigenvalue weighted by atomic mass is 16.4. The van der Waals surface area contributed by atoms with Crippen LogP contribution in [0, 0.1) is 0 Å². The molecule has 112 valence electrons. The normalized spacial score (nSPS) is 13.5. The average molecular weight is 301 g/mol. The Kier molecular flexibility index (Phi) is 3.19. The van der Waals surface area contributed by atoms with Gasteiger partial charge >= 0.3 is 0 Å². The molecular formula is C20H15NO2. The number of oxime groups is 1. The van der Waals surface area contributed by atoms with Crippen molar-refractivity contribution in [2.45, 2.75) is 12.8 Å². The molecule has 0 atom stereocenters. The van der Waals surface area contributed by atoms with Crippen LogP contribution in [0.5, 0.6) is 0 Å². The Morgan fingerprint density at radius 3 is 2.35 bits per heavy atom. The van der Waals surface area contributed by atoms with Gasteiger partial charge in [0.1, 0.15) is 0 Å². The SMILES string of the molecule is O=C(C(=NO)c1ccccc1)c1ccc2c3c(cccc13)CC2. The summed E-state index contributed by atoms with van der Waals surface area (Å²) in [5.74, 6) is -0.255. The summed E-state index contributed by atoms with van der Waals surface area (Å²) in [7, 11) is 0. The maximum absolute atomic E-state index is 12.9. The summed E-state index contributed by atoms with van der Waals surface area (Å²) < 4.78 is 0. The van der Waals surface area contributed by atoms with Crippen LogP contribution >= 0.6 is 0 Å². The number of Topliss-reactive ketones (excluding diaryl/α,β-unsaturated/α-hetero) is 1. The second-order valence-electron chi connectivity index (χ2n) is 5.76. The van der Waals surface area contributed by atoms with Gasteiger partial charge in [-0.05, 0) is 34.7 Å². The minimum absolute atomic E-state index is 0.0734. The first-order valence-electron chi connectivity index (χ1n) is 7.65. The highest BCUT2D eigenvalue weighted by Crippen LogP contribution is 2.33. The Hall–Kier alpha value is -2.94. The molecule has 1 aliphatic carbocycles. The van der Waals surface area contributed by atoms with Crippen molar-refractivity contribution in [3.63, 3.8) is 0 Å². The molecule has 0 radical (unpaired) electrons. The molecule has 3 nitrogen and oxygen atoms in total. The van der Waals surface area contributed by atoms with Gasteiger partial charge in [0.25, 0.3) is 0 Å². The Balaban J connectivity index is 1.89. The number of ketones is 1. The third-order valence-electron chi connectivity index (χ3n) is 4.48. The topological polar surface area (TPSA) is 49.7 Å². The zero-order chi connectivity index (χ0) is 15.8. The molecule has 3 aromatic rings. The molecule has 0 unspecified atom stereocenters. The number of hydrogen-bond acceptors (Lipinski definition) is 3. The van der Waals surface area contributed by atoms with E-state index in [-0.39, 0.29) is 11.5 Å². The molecule has 3 heteroatoms. The molecule has 3 aromatic carbocycles. The van der Waals surface area contributed by atoms with E-state index >= 15 is 0 Å². The Bertz CT molecular complexity index is 932. The van der Waals surface area contributed by atoms with Crippen molar-refractivity contribution in [3.8, 4) is 0 Å². The molecule has 4 rings (SSSR count). The lowest BCUT2D eigenvalue weighted by molar-refractivity contribution is 0.106. The molecule has 0 saturated carbocycles. The Morgan fingerprint density at radius 2 is 1.61 bits per heavy atom. The van der Waals surface area contributed by atoms with Crippen LogP contribution in [0.1, 0.15) is 27.0 Å². The number of rotatable bonds is 3. The van der Waals surface area contributed by atoms with Crippen LogP contribution in [-0.2, 0) is 12.8 Å². The van der Waals surface area contributed by atoms with Gasteiger partial charge in [-0.25, -0.2) is 0 Å². The van der Waals surface area contributed by atoms with Crippen LogP contribution in [0.2, 0.25) is 0 Å². The van der Waals surface area contributed by atoms with Gasteiger partial charge in [-0.3, -0.25) is 4.79 Å². The molecule has 23 heavy (non-hydrogen) atoms. The first kappa shape index (κ1) is 13.7. The van der Waals surface area contributed by atoms with Gasteiger partial charge in [0.2, 0.25) is 5.78 Å². The summed E-state index contributed by atoms with van der Waals surface area (Å²) >= 11 is 0. The van der Waals surface area contributed by atoms with Gasteiger partial charge in [0.05, 0.1) is 0 Å². The first-order valence-corrected chi connectivity index (χ1v) is 7.65. The van der Waals surface area contributed by atoms with E-state index in [0.29, 0.717) is 11.1 Å².